The second kappa shape index (κ2) is 9.00. The first kappa shape index (κ1) is 21.9. The number of nitrogens with zero attached hydrogens (tertiary/aromatic N) is 2. The van der Waals surface area contributed by atoms with Gasteiger partial charge in [0.05, 0.1) is 24.9 Å². The van der Waals surface area contributed by atoms with E-state index in [0.717, 1.165) is 32.0 Å². The summed E-state index contributed by atoms with van der Waals surface area (Å²) < 4.78 is 16.7. The molecule has 0 bridgehead atoms. The van der Waals surface area contributed by atoms with Crippen LogP contribution in [0.1, 0.15) is 34.1 Å². The van der Waals surface area contributed by atoms with Crippen molar-refractivity contribution in [2.45, 2.75) is 51.9 Å². The normalized spacial score (nSPS) is 32.8. The van der Waals surface area contributed by atoms with Gasteiger partial charge in [-0.2, -0.15) is 0 Å². The lowest BCUT2D eigenvalue weighted by Gasteiger charge is -2.59. The predicted octanol–water partition coefficient (Wildman–Crippen LogP) is 2.12. The van der Waals surface area contributed by atoms with E-state index in [-0.39, 0.29) is 41.1 Å². The summed E-state index contributed by atoms with van der Waals surface area (Å²) in [7, 11) is 3.51. The summed E-state index contributed by atoms with van der Waals surface area (Å²) in [5.74, 6) is 0.980. The molecule has 2 aliphatic rings. The number of hydrogen-bond donors (Lipinski definition) is 1. The van der Waals surface area contributed by atoms with Gasteiger partial charge < -0.3 is 24.4 Å². The van der Waals surface area contributed by atoms with Gasteiger partial charge in [-0.05, 0) is 20.3 Å². The Kier molecular flexibility index (Phi) is 8.22. The molecule has 7 heteroatoms. The molecule has 0 aromatic carbocycles. The lowest BCUT2D eigenvalue weighted by molar-refractivity contribution is -0.177. The number of nitrogens with one attached hydrogen (secondary N) is 1. The standard InChI is InChI=1S/C17H33N3O3.HI/c1-7-18-15(20-8-9-23-13(11-20)12-21-5)19-14-10-17(4,22-6)16(14,2)3;/h13-14H,7-12H2,1-6H3,(H,18,19);1H. The Balaban J connectivity index is 0.00000288. The van der Waals surface area contributed by atoms with Crippen molar-refractivity contribution in [3.8, 4) is 0 Å². The summed E-state index contributed by atoms with van der Waals surface area (Å²) >= 11 is 0. The molecule has 0 aromatic rings. The van der Waals surface area contributed by atoms with Crippen LogP contribution in [0.5, 0.6) is 0 Å². The number of methoxy groups -OCH3 is 2. The van der Waals surface area contributed by atoms with Crippen LogP contribution in [-0.4, -0.2) is 75.7 Å². The highest BCUT2D eigenvalue weighted by Crippen LogP contribution is 2.51. The molecule has 24 heavy (non-hydrogen) atoms. The summed E-state index contributed by atoms with van der Waals surface area (Å²) in [6.07, 6.45) is 1.10. The number of rotatable bonds is 5. The molecule has 0 aromatic heterocycles. The molecule has 1 saturated carbocycles. The van der Waals surface area contributed by atoms with E-state index < -0.39 is 0 Å². The van der Waals surface area contributed by atoms with E-state index in [1.807, 2.05) is 0 Å². The topological polar surface area (TPSA) is 55.3 Å². The molecule has 1 aliphatic carbocycles. The average molecular weight is 455 g/mol. The number of aliphatic imine (C=N–C) groups is 1. The molecule has 1 aliphatic heterocycles. The monoisotopic (exact) mass is 455 g/mol. The van der Waals surface area contributed by atoms with Gasteiger partial charge in [-0.25, -0.2) is 0 Å². The number of halogens is 1. The third-order valence-corrected chi connectivity index (χ3v) is 5.68. The van der Waals surface area contributed by atoms with Gasteiger partial charge in [0.2, 0.25) is 0 Å². The average Bonchev–Trinajstić information content (AvgIpc) is 2.54. The number of hydrogen-bond acceptors (Lipinski definition) is 4. The summed E-state index contributed by atoms with van der Waals surface area (Å²) in [5.41, 5.74) is -0.0138. The third kappa shape index (κ3) is 4.34. The van der Waals surface area contributed by atoms with E-state index in [1.54, 1.807) is 14.2 Å². The molecular weight excluding hydrogens is 421 g/mol. The Bertz CT molecular complexity index is 431. The minimum absolute atomic E-state index is 0. The van der Waals surface area contributed by atoms with Crippen molar-refractivity contribution in [1.29, 1.82) is 0 Å². The highest BCUT2D eigenvalue weighted by Gasteiger charge is 2.58. The lowest BCUT2D eigenvalue weighted by Crippen LogP contribution is -2.70. The van der Waals surface area contributed by atoms with Crippen molar-refractivity contribution in [3.63, 3.8) is 0 Å². The highest BCUT2D eigenvalue weighted by atomic mass is 127. The molecule has 3 unspecified atom stereocenters. The third-order valence-electron chi connectivity index (χ3n) is 5.68. The molecule has 0 radical (unpaired) electrons. The fourth-order valence-electron chi connectivity index (χ4n) is 3.46. The van der Waals surface area contributed by atoms with E-state index in [1.165, 1.54) is 0 Å². The minimum Gasteiger partial charge on any atom is -0.382 e. The van der Waals surface area contributed by atoms with E-state index in [9.17, 15) is 0 Å². The molecule has 1 heterocycles. The van der Waals surface area contributed by atoms with Crippen molar-refractivity contribution < 1.29 is 14.2 Å². The molecule has 142 valence electrons. The quantitative estimate of drug-likeness (QED) is 0.391. The van der Waals surface area contributed by atoms with E-state index in [0.29, 0.717) is 19.3 Å². The Morgan fingerprint density at radius 2 is 2.04 bits per heavy atom. The molecule has 1 saturated heterocycles. The first-order chi connectivity index (χ1) is 10.9. The number of guanidine groups is 1. The Labute approximate surface area is 163 Å². The molecular formula is C17H34IN3O3. The first-order valence-corrected chi connectivity index (χ1v) is 8.59. The van der Waals surface area contributed by atoms with Crippen LogP contribution in [0, 0.1) is 5.41 Å². The minimum atomic E-state index is -0.0778. The van der Waals surface area contributed by atoms with E-state index in [4.69, 9.17) is 19.2 Å². The predicted molar refractivity (Wildman–Crippen MR) is 107 cm³/mol. The molecule has 2 rings (SSSR count). The summed E-state index contributed by atoms with van der Waals surface area (Å²) in [5, 5.41) is 3.67. The van der Waals surface area contributed by atoms with Crippen LogP contribution in [0.25, 0.3) is 0 Å². The maximum Gasteiger partial charge on any atom is 0.194 e. The summed E-state index contributed by atoms with van der Waals surface area (Å²) in [4.78, 5) is 6.98. The second-order valence-corrected chi connectivity index (χ2v) is 7.25. The largest absolute Gasteiger partial charge is 0.382 e. The zero-order chi connectivity index (χ0) is 17.1. The van der Waals surface area contributed by atoms with E-state index in [2.05, 4.69) is 37.9 Å². The Morgan fingerprint density at radius 1 is 1.33 bits per heavy atom. The van der Waals surface area contributed by atoms with Gasteiger partial charge in [0.25, 0.3) is 0 Å². The van der Waals surface area contributed by atoms with Crippen LogP contribution in [-0.2, 0) is 14.2 Å². The van der Waals surface area contributed by atoms with Crippen molar-refractivity contribution in [2.24, 2.45) is 10.4 Å². The molecule has 2 fully saturated rings. The van der Waals surface area contributed by atoms with Gasteiger partial charge in [0, 0.05) is 45.3 Å². The second-order valence-electron chi connectivity index (χ2n) is 7.25. The fourth-order valence-corrected chi connectivity index (χ4v) is 3.46. The van der Waals surface area contributed by atoms with Crippen LogP contribution in [0.4, 0.5) is 0 Å². The van der Waals surface area contributed by atoms with Crippen LogP contribution in [0.15, 0.2) is 4.99 Å². The summed E-state index contributed by atoms with van der Waals surface area (Å²) in [6, 6.07) is 0.362. The Hall–Kier alpha value is -0.120. The maximum atomic E-state index is 5.74. The molecule has 6 nitrogen and oxygen atoms in total. The molecule has 1 N–H and O–H groups in total. The van der Waals surface area contributed by atoms with Gasteiger partial charge in [0.15, 0.2) is 5.96 Å². The van der Waals surface area contributed by atoms with Crippen molar-refractivity contribution in [3.05, 3.63) is 0 Å². The van der Waals surface area contributed by atoms with Gasteiger partial charge in [0.1, 0.15) is 0 Å². The van der Waals surface area contributed by atoms with Crippen molar-refractivity contribution in [1.82, 2.24) is 10.2 Å². The fraction of sp³-hybridized carbons (Fsp3) is 0.941. The van der Waals surface area contributed by atoms with Crippen LogP contribution >= 0.6 is 24.0 Å². The first-order valence-electron chi connectivity index (χ1n) is 8.59. The van der Waals surface area contributed by atoms with Gasteiger partial charge in [-0.3, -0.25) is 4.99 Å². The zero-order valence-electron chi connectivity index (χ0n) is 15.9. The van der Waals surface area contributed by atoms with Crippen LogP contribution < -0.4 is 5.32 Å². The van der Waals surface area contributed by atoms with Gasteiger partial charge in [-0.1, -0.05) is 13.8 Å². The van der Waals surface area contributed by atoms with Crippen LogP contribution in [0.3, 0.4) is 0 Å². The van der Waals surface area contributed by atoms with E-state index >= 15 is 0 Å². The maximum absolute atomic E-state index is 5.74. The van der Waals surface area contributed by atoms with Crippen molar-refractivity contribution >= 4 is 29.9 Å². The molecule has 3 atom stereocenters. The summed E-state index contributed by atoms with van der Waals surface area (Å²) in [6.45, 7) is 12.5. The smallest absolute Gasteiger partial charge is 0.194 e. The Morgan fingerprint density at radius 3 is 2.58 bits per heavy atom. The van der Waals surface area contributed by atoms with Crippen LogP contribution in [0.2, 0.25) is 0 Å². The number of morpholine rings is 1. The van der Waals surface area contributed by atoms with Gasteiger partial charge in [-0.15, -0.1) is 24.0 Å². The SMILES string of the molecule is CCN=C(NC1CC(C)(OC)C1(C)C)N1CCOC(COC)C1.I. The zero-order valence-corrected chi connectivity index (χ0v) is 18.3. The molecule has 0 spiro atoms. The lowest BCUT2D eigenvalue weighted by atomic mass is 9.56. The molecule has 0 amide bonds. The number of ether oxygens (including phenoxy) is 3. The van der Waals surface area contributed by atoms with Gasteiger partial charge >= 0.3 is 0 Å². The van der Waals surface area contributed by atoms with Crippen molar-refractivity contribution in [2.75, 3.05) is 47.1 Å². The highest BCUT2D eigenvalue weighted by molar-refractivity contribution is 14.0.